The Hall–Kier alpha value is -4.48. The zero-order valence-corrected chi connectivity index (χ0v) is 26.9. The van der Waals surface area contributed by atoms with Gasteiger partial charge in [0.2, 0.25) is 0 Å². The van der Waals surface area contributed by atoms with Crippen LogP contribution in [0.3, 0.4) is 0 Å². The maximum Gasteiger partial charge on any atom is 0.420 e. The largest absolute Gasteiger partial charge is 0.505 e. The number of halogens is 6. The van der Waals surface area contributed by atoms with E-state index in [4.69, 9.17) is 5.41 Å². The first-order valence-corrected chi connectivity index (χ1v) is 14.6. The van der Waals surface area contributed by atoms with E-state index >= 15 is 0 Å². The third-order valence-electron chi connectivity index (χ3n) is 8.23. The van der Waals surface area contributed by atoms with Gasteiger partial charge in [0, 0.05) is 22.1 Å². The van der Waals surface area contributed by atoms with Gasteiger partial charge in [-0.3, -0.25) is 20.4 Å². The van der Waals surface area contributed by atoms with Crippen LogP contribution in [-0.4, -0.2) is 5.11 Å². The highest BCUT2D eigenvalue weighted by Crippen LogP contribution is 2.45. The molecule has 2 aromatic carbocycles. The summed E-state index contributed by atoms with van der Waals surface area (Å²) in [6.07, 6.45) is -10.8. The van der Waals surface area contributed by atoms with E-state index in [0.717, 1.165) is 17.5 Å². The van der Waals surface area contributed by atoms with Crippen LogP contribution in [0.25, 0.3) is 11.1 Å². The van der Waals surface area contributed by atoms with E-state index in [9.17, 15) is 41.0 Å². The number of hydrogen-bond acceptors (Lipinski definition) is 6. The lowest BCUT2D eigenvalue weighted by Gasteiger charge is -2.35. The molecular formula is C35H35F6N3O3. The third kappa shape index (κ3) is 6.96. The molecule has 47 heavy (non-hydrogen) atoms. The Labute approximate surface area is 267 Å². The molecule has 0 heterocycles. The fourth-order valence-corrected chi connectivity index (χ4v) is 6.24. The summed E-state index contributed by atoms with van der Waals surface area (Å²) in [4.78, 5) is 25.5. The van der Waals surface area contributed by atoms with Crippen molar-refractivity contribution in [3.63, 3.8) is 0 Å². The second kappa shape index (κ2) is 11.6. The molecule has 0 saturated carbocycles. The van der Waals surface area contributed by atoms with Gasteiger partial charge in [-0.2, -0.15) is 31.4 Å². The van der Waals surface area contributed by atoms with Crippen LogP contribution in [0.15, 0.2) is 69.3 Å². The predicted octanol–water partition coefficient (Wildman–Crippen LogP) is 7.58. The number of nitrogens with zero attached hydrogens (tertiary/aromatic N) is 1. The second-order valence-corrected chi connectivity index (χ2v) is 14.1. The van der Waals surface area contributed by atoms with E-state index in [1.54, 1.807) is 6.07 Å². The van der Waals surface area contributed by atoms with Gasteiger partial charge in [0.1, 0.15) is 22.2 Å². The van der Waals surface area contributed by atoms with Crippen molar-refractivity contribution in [3.05, 3.63) is 114 Å². The van der Waals surface area contributed by atoms with Gasteiger partial charge < -0.3 is 5.11 Å². The number of nitrogens with one attached hydrogen (secondary N) is 2. The summed E-state index contributed by atoms with van der Waals surface area (Å²) < 4.78 is 81.8. The topological polar surface area (TPSA) is 103 Å². The Bertz CT molecular complexity index is 2020. The lowest BCUT2D eigenvalue weighted by Crippen LogP contribution is -2.38. The van der Waals surface area contributed by atoms with Gasteiger partial charge in [-0.1, -0.05) is 84.9 Å². The monoisotopic (exact) mass is 659 g/mol. The minimum atomic E-state index is -5.78. The Morgan fingerprint density at radius 2 is 1.26 bits per heavy atom. The molecule has 2 aromatic rings. The average Bonchev–Trinajstić information content (AvgIpc) is 2.92. The molecule has 0 spiro atoms. The SMILES string of the molecule is CC(C)(C)CC(C)(C)c1cc(N/N=c2/cc3c(=O)c(C(F)(F)F)c(C(F)(F)F)c(=O)c-3cc2=N)c(O)c(C(C)(C)c2ccccc2)c1. The van der Waals surface area contributed by atoms with Crippen molar-refractivity contribution < 1.29 is 31.4 Å². The smallest absolute Gasteiger partial charge is 0.420 e. The van der Waals surface area contributed by atoms with Crippen molar-refractivity contribution in [2.45, 2.75) is 78.1 Å². The highest BCUT2D eigenvalue weighted by molar-refractivity contribution is 5.68. The summed E-state index contributed by atoms with van der Waals surface area (Å²) >= 11 is 0. The number of aromatic hydroxyl groups is 1. The number of benzene rings is 4. The second-order valence-electron chi connectivity index (χ2n) is 14.1. The zero-order chi connectivity index (χ0) is 35.5. The van der Waals surface area contributed by atoms with Gasteiger partial charge in [0.25, 0.3) is 0 Å². The molecule has 0 radical (unpaired) electrons. The van der Waals surface area contributed by atoms with E-state index < -0.39 is 67.0 Å². The van der Waals surface area contributed by atoms with Crippen LogP contribution in [0, 0.1) is 10.8 Å². The molecule has 0 atom stereocenters. The van der Waals surface area contributed by atoms with Gasteiger partial charge in [-0.05, 0) is 46.6 Å². The minimum absolute atomic E-state index is 0.0817. The van der Waals surface area contributed by atoms with Gasteiger partial charge in [-0.25, -0.2) is 0 Å². The van der Waals surface area contributed by atoms with Crippen LogP contribution in [0.2, 0.25) is 0 Å². The van der Waals surface area contributed by atoms with Gasteiger partial charge in [0.05, 0.1) is 11.0 Å². The minimum Gasteiger partial charge on any atom is -0.505 e. The Morgan fingerprint density at radius 3 is 1.74 bits per heavy atom. The Morgan fingerprint density at radius 1 is 0.745 bits per heavy atom. The predicted molar refractivity (Wildman–Crippen MR) is 167 cm³/mol. The molecule has 6 nitrogen and oxygen atoms in total. The molecular weight excluding hydrogens is 624 g/mol. The lowest BCUT2D eigenvalue weighted by atomic mass is 9.70. The van der Waals surface area contributed by atoms with Crippen LogP contribution in [0.5, 0.6) is 5.75 Å². The van der Waals surface area contributed by atoms with E-state index in [1.165, 1.54) is 0 Å². The van der Waals surface area contributed by atoms with Gasteiger partial charge in [-0.15, -0.1) is 0 Å². The van der Waals surface area contributed by atoms with E-state index in [2.05, 4.69) is 31.3 Å². The standard InChI is InChI=1S/C35H35F6N3O3/c1-31(2,3)17-32(4,5)19-13-22(33(6,7)18-11-9-8-10-12-18)30(47)25(14-19)44-43-24-16-21-20(15-23(24)42)28(45)26(34(36,37)38)27(29(21)46)35(39,40)41/h8-16,42,44,47H,17H2,1-7H3/b42-23?,43-24-. The molecule has 0 bridgehead atoms. The fourth-order valence-electron chi connectivity index (χ4n) is 6.24. The number of anilines is 1. The zero-order valence-electron chi connectivity index (χ0n) is 26.9. The van der Waals surface area contributed by atoms with Crippen molar-refractivity contribution >= 4 is 5.69 Å². The Kier molecular flexibility index (Phi) is 8.76. The summed E-state index contributed by atoms with van der Waals surface area (Å²) in [6.45, 7) is 14.2. The normalized spacial score (nSPS) is 13.8. The number of phenols is 1. The van der Waals surface area contributed by atoms with Crippen molar-refractivity contribution in [1.82, 2.24) is 0 Å². The molecule has 0 aliphatic heterocycles. The molecule has 2 aliphatic carbocycles. The van der Waals surface area contributed by atoms with Crippen LogP contribution >= 0.6 is 0 Å². The molecule has 3 N–H and O–H groups in total. The van der Waals surface area contributed by atoms with E-state index in [0.29, 0.717) is 17.7 Å². The summed E-state index contributed by atoms with van der Waals surface area (Å²) in [5.74, 6) is -0.203. The van der Waals surface area contributed by atoms with Gasteiger partial charge >= 0.3 is 12.4 Å². The lowest BCUT2D eigenvalue weighted by molar-refractivity contribution is -0.163. The van der Waals surface area contributed by atoms with E-state index in [1.807, 2.05) is 64.1 Å². The van der Waals surface area contributed by atoms with Crippen molar-refractivity contribution in [2.24, 2.45) is 10.5 Å². The molecule has 0 saturated heterocycles. The van der Waals surface area contributed by atoms with Crippen LogP contribution in [0.4, 0.5) is 32.0 Å². The van der Waals surface area contributed by atoms with Crippen LogP contribution in [-0.2, 0) is 23.2 Å². The van der Waals surface area contributed by atoms with Gasteiger partial charge in [0.15, 0.2) is 10.9 Å². The molecule has 0 fully saturated rings. The number of phenolic OH excluding ortho intramolecular Hbond substituents is 1. The number of alkyl halides is 6. The van der Waals surface area contributed by atoms with Crippen molar-refractivity contribution in [2.75, 3.05) is 5.43 Å². The average molecular weight is 660 g/mol. The third-order valence-corrected chi connectivity index (χ3v) is 8.23. The Balaban J connectivity index is 1.98. The maximum atomic E-state index is 13.7. The van der Waals surface area contributed by atoms with Crippen LogP contribution < -0.4 is 27.0 Å². The highest BCUT2D eigenvalue weighted by Gasteiger charge is 2.49. The first-order chi connectivity index (χ1) is 21.4. The number of rotatable bonds is 6. The molecule has 12 heteroatoms. The number of fused-ring (bicyclic) bond motifs is 1. The molecule has 2 aliphatic rings. The first-order valence-electron chi connectivity index (χ1n) is 14.6. The summed E-state index contributed by atoms with van der Waals surface area (Å²) in [7, 11) is 0. The summed E-state index contributed by atoms with van der Waals surface area (Å²) in [5.41, 5.74) is -7.60. The molecule has 4 rings (SSSR count). The first kappa shape index (κ1) is 35.4. The summed E-state index contributed by atoms with van der Waals surface area (Å²) in [6, 6.07) is 14.2. The quantitative estimate of drug-likeness (QED) is 0.113. The molecule has 0 aromatic heterocycles. The number of hydrogen-bond donors (Lipinski definition) is 3. The molecule has 0 amide bonds. The van der Waals surface area contributed by atoms with E-state index in [-0.39, 0.29) is 16.9 Å². The summed E-state index contributed by atoms with van der Waals surface area (Å²) in [5, 5.41) is 22.8. The fraction of sp³-hybridized carbons (Fsp3) is 0.371. The van der Waals surface area contributed by atoms with Crippen LogP contribution in [0.1, 0.15) is 82.7 Å². The highest BCUT2D eigenvalue weighted by atomic mass is 19.4. The van der Waals surface area contributed by atoms with Crippen molar-refractivity contribution in [3.8, 4) is 16.9 Å². The maximum absolute atomic E-state index is 13.7. The molecule has 0 unspecified atom stereocenters. The van der Waals surface area contributed by atoms with Crippen molar-refractivity contribution in [1.29, 1.82) is 5.41 Å². The molecule has 250 valence electrons.